The van der Waals surface area contributed by atoms with Gasteiger partial charge in [0.05, 0.1) is 12.5 Å². The molecule has 0 spiro atoms. The number of ether oxygens (including phenoxy) is 1. The van der Waals surface area contributed by atoms with Gasteiger partial charge in [0.15, 0.2) is 5.82 Å². The van der Waals surface area contributed by atoms with Crippen LogP contribution in [0.4, 0.5) is 5.82 Å². The molecule has 0 bridgehead atoms. The number of hydrogen-bond acceptors (Lipinski definition) is 6. The topological polar surface area (TPSA) is 78.1 Å². The van der Waals surface area contributed by atoms with Crippen LogP contribution in [0, 0.1) is 5.92 Å². The molecule has 0 radical (unpaired) electrons. The van der Waals surface area contributed by atoms with Gasteiger partial charge in [-0.25, -0.2) is 9.97 Å². The highest BCUT2D eigenvalue weighted by molar-refractivity contribution is 7.99. The second kappa shape index (κ2) is 6.32. The quantitative estimate of drug-likeness (QED) is 0.619. The first-order chi connectivity index (χ1) is 7.65. The van der Waals surface area contributed by atoms with Crippen molar-refractivity contribution in [1.82, 2.24) is 9.97 Å². The van der Waals surface area contributed by atoms with Gasteiger partial charge in [0.25, 0.3) is 0 Å². The highest BCUT2D eigenvalue weighted by Gasteiger charge is 2.15. The summed E-state index contributed by atoms with van der Waals surface area (Å²) in [7, 11) is 0. The molecule has 1 aromatic heterocycles. The third-order valence-corrected chi connectivity index (χ3v) is 3.10. The molecule has 1 unspecified atom stereocenters. The number of nitrogens with two attached hydrogens (primary N) is 1. The van der Waals surface area contributed by atoms with Gasteiger partial charge in [-0.3, -0.25) is 4.79 Å². The van der Waals surface area contributed by atoms with Gasteiger partial charge in [-0.15, -0.1) is 11.8 Å². The standard InChI is InChI=1S/C10H15N3O2S/c1-3-15-10(14)7(2)6-16-9-8(11)12-4-5-13-9/h4-5,7H,3,6H2,1-2H3,(H2,11,12). The van der Waals surface area contributed by atoms with E-state index in [1.807, 2.05) is 6.92 Å². The van der Waals surface area contributed by atoms with E-state index in [0.29, 0.717) is 23.2 Å². The molecular formula is C10H15N3O2S. The van der Waals surface area contributed by atoms with E-state index >= 15 is 0 Å². The zero-order valence-electron chi connectivity index (χ0n) is 9.34. The molecule has 0 aromatic carbocycles. The Morgan fingerprint density at radius 2 is 2.25 bits per heavy atom. The van der Waals surface area contributed by atoms with Crippen molar-refractivity contribution in [3.8, 4) is 0 Å². The molecule has 1 atom stereocenters. The lowest BCUT2D eigenvalue weighted by molar-refractivity contribution is -0.146. The largest absolute Gasteiger partial charge is 0.466 e. The highest BCUT2D eigenvalue weighted by Crippen LogP contribution is 2.22. The monoisotopic (exact) mass is 241 g/mol. The first-order valence-corrected chi connectivity index (χ1v) is 5.99. The van der Waals surface area contributed by atoms with Crippen molar-refractivity contribution in [1.29, 1.82) is 0 Å². The molecule has 0 aliphatic carbocycles. The van der Waals surface area contributed by atoms with Crippen LogP contribution >= 0.6 is 11.8 Å². The van der Waals surface area contributed by atoms with Crippen LogP contribution in [0.15, 0.2) is 17.4 Å². The first-order valence-electron chi connectivity index (χ1n) is 5.01. The Balaban J connectivity index is 2.46. The summed E-state index contributed by atoms with van der Waals surface area (Å²) in [5.41, 5.74) is 5.63. The summed E-state index contributed by atoms with van der Waals surface area (Å²) in [6.07, 6.45) is 3.11. The van der Waals surface area contributed by atoms with Crippen molar-refractivity contribution in [2.45, 2.75) is 18.9 Å². The van der Waals surface area contributed by atoms with Crippen molar-refractivity contribution >= 4 is 23.5 Å². The van der Waals surface area contributed by atoms with Gasteiger partial charge in [-0.2, -0.15) is 0 Å². The predicted octanol–water partition coefficient (Wildman–Crippen LogP) is 1.35. The molecule has 16 heavy (non-hydrogen) atoms. The average molecular weight is 241 g/mol. The molecule has 0 saturated heterocycles. The molecule has 1 heterocycles. The summed E-state index contributed by atoms with van der Waals surface area (Å²) < 4.78 is 4.90. The number of hydrogen-bond donors (Lipinski definition) is 1. The Bertz CT molecular complexity index is 360. The normalized spacial score (nSPS) is 12.1. The van der Waals surface area contributed by atoms with Gasteiger partial charge in [0.2, 0.25) is 0 Å². The second-order valence-electron chi connectivity index (χ2n) is 3.21. The molecule has 5 nitrogen and oxygen atoms in total. The van der Waals surface area contributed by atoms with Crippen molar-refractivity contribution in [3.63, 3.8) is 0 Å². The Morgan fingerprint density at radius 1 is 1.56 bits per heavy atom. The molecule has 6 heteroatoms. The van der Waals surface area contributed by atoms with Crippen molar-refractivity contribution in [2.24, 2.45) is 5.92 Å². The first kappa shape index (κ1) is 12.8. The maximum atomic E-state index is 11.3. The van der Waals surface area contributed by atoms with Gasteiger partial charge in [-0.05, 0) is 6.92 Å². The van der Waals surface area contributed by atoms with E-state index in [9.17, 15) is 4.79 Å². The van der Waals surface area contributed by atoms with Crippen molar-refractivity contribution in [2.75, 3.05) is 18.1 Å². The van der Waals surface area contributed by atoms with Crippen molar-refractivity contribution in [3.05, 3.63) is 12.4 Å². The minimum absolute atomic E-state index is 0.175. The van der Waals surface area contributed by atoms with Gasteiger partial charge in [0, 0.05) is 18.1 Å². The molecule has 2 N–H and O–H groups in total. The van der Waals surface area contributed by atoms with Crippen LogP contribution < -0.4 is 5.73 Å². The van der Waals surface area contributed by atoms with E-state index in [2.05, 4.69) is 9.97 Å². The smallest absolute Gasteiger partial charge is 0.309 e. The molecular weight excluding hydrogens is 226 g/mol. The predicted molar refractivity (Wildman–Crippen MR) is 63.0 cm³/mol. The van der Waals surface area contributed by atoms with Crippen LogP contribution in [0.5, 0.6) is 0 Å². The SMILES string of the molecule is CCOC(=O)C(C)CSc1nccnc1N. The minimum Gasteiger partial charge on any atom is -0.466 e. The number of esters is 1. The maximum absolute atomic E-state index is 11.3. The Labute approximate surface area is 98.8 Å². The Hall–Kier alpha value is -1.30. The van der Waals surface area contributed by atoms with E-state index in [1.165, 1.54) is 18.0 Å². The van der Waals surface area contributed by atoms with Crippen molar-refractivity contribution < 1.29 is 9.53 Å². The number of anilines is 1. The maximum Gasteiger partial charge on any atom is 0.309 e. The summed E-state index contributed by atoms with van der Waals surface area (Å²) in [6.45, 7) is 4.01. The molecule has 0 fully saturated rings. The third kappa shape index (κ3) is 3.69. The minimum atomic E-state index is -0.197. The molecule has 0 aliphatic heterocycles. The molecule has 1 aromatic rings. The lowest BCUT2D eigenvalue weighted by Gasteiger charge is -2.09. The van der Waals surface area contributed by atoms with E-state index in [1.54, 1.807) is 13.1 Å². The summed E-state index contributed by atoms with van der Waals surface area (Å²) in [5.74, 6) is 0.606. The zero-order valence-corrected chi connectivity index (χ0v) is 10.2. The fourth-order valence-electron chi connectivity index (χ4n) is 1.00. The fraction of sp³-hybridized carbons (Fsp3) is 0.500. The second-order valence-corrected chi connectivity index (χ2v) is 4.22. The molecule has 1 rings (SSSR count). The fourth-order valence-corrected chi connectivity index (χ4v) is 1.88. The lowest BCUT2D eigenvalue weighted by atomic mass is 10.2. The van der Waals surface area contributed by atoms with Gasteiger partial charge < -0.3 is 10.5 Å². The number of carbonyl (C=O) groups excluding carboxylic acids is 1. The van der Waals surface area contributed by atoms with Crippen LogP contribution in [-0.4, -0.2) is 28.3 Å². The molecule has 0 aliphatic rings. The molecule has 0 saturated carbocycles. The van der Waals surface area contributed by atoms with Gasteiger partial charge in [0.1, 0.15) is 5.03 Å². The number of thioether (sulfide) groups is 1. The highest BCUT2D eigenvalue weighted by atomic mass is 32.2. The summed E-state index contributed by atoms with van der Waals surface area (Å²) in [4.78, 5) is 19.3. The summed E-state index contributed by atoms with van der Waals surface area (Å²) in [6, 6.07) is 0. The van der Waals surface area contributed by atoms with E-state index < -0.39 is 0 Å². The number of rotatable bonds is 5. The third-order valence-electron chi connectivity index (χ3n) is 1.85. The molecule has 88 valence electrons. The lowest BCUT2D eigenvalue weighted by Crippen LogP contribution is -2.16. The van der Waals surface area contributed by atoms with Crippen LogP contribution in [0.3, 0.4) is 0 Å². The van der Waals surface area contributed by atoms with E-state index in [-0.39, 0.29) is 11.9 Å². The summed E-state index contributed by atoms with van der Waals surface area (Å²) >= 11 is 1.41. The van der Waals surface area contributed by atoms with E-state index in [4.69, 9.17) is 10.5 Å². The summed E-state index contributed by atoms with van der Waals surface area (Å²) in [5, 5.41) is 0.652. The zero-order chi connectivity index (χ0) is 12.0. The molecule has 0 amide bonds. The van der Waals surface area contributed by atoms with E-state index in [0.717, 1.165) is 0 Å². The van der Waals surface area contributed by atoms with Gasteiger partial charge >= 0.3 is 5.97 Å². The number of nitrogens with zero attached hydrogens (tertiary/aromatic N) is 2. The van der Waals surface area contributed by atoms with Crippen LogP contribution in [0.2, 0.25) is 0 Å². The average Bonchev–Trinajstić information content (AvgIpc) is 2.28. The van der Waals surface area contributed by atoms with Gasteiger partial charge in [-0.1, -0.05) is 6.92 Å². The van der Waals surface area contributed by atoms with Crippen LogP contribution in [0.25, 0.3) is 0 Å². The number of carbonyl (C=O) groups is 1. The number of nitrogen functional groups attached to an aromatic ring is 1. The Morgan fingerprint density at radius 3 is 2.88 bits per heavy atom. The van der Waals surface area contributed by atoms with Crippen LogP contribution in [-0.2, 0) is 9.53 Å². The Kier molecular flexibility index (Phi) is 5.04. The number of aromatic nitrogens is 2. The van der Waals surface area contributed by atoms with Crippen LogP contribution in [0.1, 0.15) is 13.8 Å².